The number of hydrogen-bond acceptors (Lipinski definition) is 4. The number of thiophene rings is 1. The van der Waals surface area contributed by atoms with Crippen molar-refractivity contribution in [2.45, 2.75) is 38.3 Å². The number of aromatic nitrogens is 2. The highest BCUT2D eigenvalue weighted by Crippen LogP contribution is 2.27. The summed E-state index contributed by atoms with van der Waals surface area (Å²) in [5.41, 5.74) is 2.90. The first-order chi connectivity index (χ1) is 13.7. The normalized spacial score (nSPS) is 18.0. The Balaban J connectivity index is 1.50. The Kier molecular flexibility index (Phi) is 5.88. The van der Waals surface area contributed by atoms with Gasteiger partial charge >= 0.3 is 0 Å². The van der Waals surface area contributed by atoms with Crippen LogP contribution in [-0.2, 0) is 6.42 Å². The van der Waals surface area contributed by atoms with Gasteiger partial charge in [0.1, 0.15) is 5.69 Å². The summed E-state index contributed by atoms with van der Waals surface area (Å²) < 4.78 is 1.93. The number of nitrogens with one attached hydrogen (secondary N) is 2. The zero-order valence-electron chi connectivity index (χ0n) is 16.1. The zero-order chi connectivity index (χ0) is 19.3. The minimum absolute atomic E-state index is 0.0589. The summed E-state index contributed by atoms with van der Waals surface area (Å²) in [4.78, 5) is 14.2. The lowest BCUT2D eigenvalue weighted by Crippen LogP contribution is -2.33. The van der Waals surface area contributed by atoms with Gasteiger partial charge < -0.3 is 10.6 Å². The molecule has 1 fully saturated rings. The molecule has 1 aliphatic rings. The van der Waals surface area contributed by atoms with Crippen LogP contribution in [0.2, 0.25) is 0 Å². The van der Waals surface area contributed by atoms with Gasteiger partial charge in [-0.05, 0) is 61.4 Å². The second-order valence-corrected chi connectivity index (χ2v) is 8.31. The summed E-state index contributed by atoms with van der Waals surface area (Å²) in [6.07, 6.45) is 4.93. The monoisotopic (exact) mass is 394 g/mol. The van der Waals surface area contributed by atoms with E-state index in [9.17, 15) is 4.79 Å². The molecular formula is C22H26N4OS. The lowest BCUT2D eigenvalue weighted by atomic mass is 10.0. The largest absolute Gasteiger partial charge is 0.343 e. The Morgan fingerprint density at radius 3 is 2.89 bits per heavy atom. The number of piperidine rings is 1. The highest BCUT2D eigenvalue weighted by atomic mass is 32.1. The fourth-order valence-corrected chi connectivity index (χ4v) is 4.73. The van der Waals surface area contributed by atoms with Gasteiger partial charge in [0.25, 0.3) is 5.91 Å². The molecule has 1 amide bonds. The maximum absolute atomic E-state index is 12.9. The van der Waals surface area contributed by atoms with Crippen molar-refractivity contribution < 1.29 is 4.79 Å². The Bertz CT molecular complexity index is 912. The van der Waals surface area contributed by atoms with Crippen LogP contribution in [0.1, 0.15) is 51.4 Å². The van der Waals surface area contributed by atoms with Crippen LogP contribution >= 0.6 is 11.3 Å². The molecule has 1 saturated heterocycles. The molecule has 0 spiro atoms. The van der Waals surface area contributed by atoms with Crippen LogP contribution in [0.5, 0.6) is 0 Å². The molecule has 0 saturated carbocycles. The van der Waals surface area contributed by atoms with E-state index in [-0.39, 0.29) is 11.9 Å². The molecule has 0 radical (unpaired) electrons. The van der Waals surface area contributed by atoms with E-state index in [1.165, 1.54) is 16.0 Å². The molecule has 2 atom stereocenters. The van der Waals surface area contributed by atoms with Gasteiger partial charge in [-0.3, -0.25) is 9.48 Å². The molecule has 1 aliphatic heterocycles. The molecule has 3 heterocycles. The number of carbonyl (C=O) groups excluding carboxylic acids is 1. The summed E-state index contributed by atoms with van der Waals surface area (Å²) >= 11 is 1.69. The number of carbonyl (C=O) groups is 1. The molecule has 2 aromatic heterocycles. The molecule has 2 N–H and O–H groups in total. The van der Waals surface area contributed by atoms with E-state index in [1.54, 1.807) is 11.3 Å². The van der Waals surface area contributed by atoms with E-state index in [1.807, 2.05) is 35.1 Å². The third kappa shape index (κ3) is 4.34. The highest BCUT2D eigenvalue weighted by Gasteiger charge is 2.22. The fourth-order valence-electron chi connectivity index (χ4n) is 3.75. The van der Waals surface area contributed by atoms with Crippen molar-refractivity contribution in [3.05, 3.63) is 75.7 Å². The smallest absolute Gasteiger partial charge is 0.272 e. The van der Waals surface area contributed by atoms with Crippen molar-refractivity contribution in [3.63, 3.8) is 0 Å². The van der Waals surface area contributed by atoms with E-state index in [4.69, 9.17) is 0 Å². The number of aryl methyl sites for hydroxylation is 1. The SMILES string of the molecule is Cc1ccsc1C(Cc1ccccc1)NC(=O)c1ccn(C2CCCNC2)n1. The zero-order valence-corrected chi connectivity index (χ0v) is 16.9. The number of amides is 1. The van der Waals surface area contributed by atoms with E-state index >= 15 is 0 Å². The Morgan fingerprint density at radius 1 is 1.32 bits per heavy atom. The van der Waals surface area contributed by atoms with Crippen molar-refractivity contribution in [3.8, 4) is 0 Å². The number of hydrogen-bond donors (Lipinski definition) is 2. The average Bonchev–Trinajstić information content (AvgIpc) is 3.38. The van der Waals surface area contributed by atoms with Crippen molar-refractivity contribution in [2.75, 3.05) is 13.1 Å². The molecule has 2 unspecified atom stereocenters. The van der Waals surface area contributed by atoms with Crippen molar-refractivity contribution >= 4 is 17.2 Å². The molecule has 6 heteroatoms. The van der Waals surface area contributed by atoms with Gasteiger partial charge in [0.05, 0.1) is 12.1 Å². The third-order valence-corrected chi connectivity index (χ3v) is 6.42. The molecule has 4 rings (SSSR count). The van der Waals surface area contributed by atoms with Crippen molar-refractivity contribution in [1.29, 1.82) is 0 Å². The van der Waals surface area contributed by atoms with E-state index < -0.39 is 0 Å². The van der Waals surface area contributed by atoms with Crippen LogP contribution in [0.4, 0.5) is 0 Å². The highest BCUT2D eigenvalue weighted by molar-refractivity contribution is 7.10. The number of nitrogens with zero attached hydrogens (tertiary/aromatic N) is 2. The van der Waals surface area contributed by atoms with Crippen molar-refractivity contribution in [1.82, 2.24) is 20.4 Å². The maximum Gasteiger partial charge on any atom is 0.272 e. The third-order valence-electron chi connectivity index (χ3n) is 5.29. The molecule has 0 bridgehead atoms. The van der Waals surface area contributed by atoms with Gasteiger partial charge in [-0.1, -0.05) is 30.3 Å². The maximum atomic E-state index is 12.9. The first kappa shape index (κ1) is 18.9. The molecule has 3 aromatic rings. The first-order valence-corrected chi connectivity index (χ1v) is 10.7. The minimum atomic E-state index is -0.115. The van der Waals surface area contributed by atoms with Crippen LogP contribution in [0.3, 0.4) is 0 Å². The van der Waals surface area contributed by atoms with Crippen molar-refractivity contribution in [2.24, 2.45) is 0 Å². The summed E-state index contributed by atoms with van der Waals surface area (Å²) in [7, 11) is 0. The lowest BCUT2D eigenvalue weighted by Gasteiger charge is -2.23. The summed E-state index contributed by atoms with van der Waals surface area (Å²) in [5, 5.41) is 13.3. The fraction of sp³-hybridized carbons (Fsp3) is 0.364. The average molecular weight is 395 g/mol. The molecule has 0 aliphatic carbocycles. The lowest BCUT2D eigenvalue weighted by molar-refractivity contribution is 0.0930. The van der Waals surface area contributed by atoms with E-state index in [0.29, 0.717) is 11.7 Å². The van der Waals surface area contributed by atoms with Gasteiger partial charge in [0, 0.05) is 17.6 Å². The number of benzene rings is 1. The molecule has 1 aromatic carbocycles. The van der Waals surface area contributed by atoms with E-state index in [2.05, 4.69) is 46.2 Å². The molecule has 5 nitrogen and oxygen atoms in total. The van der Waals surface area contributed by atoms with Gasteiger partial charge in [0.2, 0.25) is 0 Å². The quantitative estimate of drug-likeness (QED) is 0.667. The summed E-state index contributed by atoms with van der Waals surface area (Å²) in [5.74, 6) is -0.115. The minimum Gasteiger partial charge on any atom is -0.343 e. The molecule has 28 heavy (non-hydrogen) atoms. The number of rotatable bonds is 6. The summed E-state index contributed by atoms with van der Waals surface area (Å²) in [6.45, 7) is 4.07. The van der Waals surface area contributed by atoms with Gasteiger partial charge in [0.15, 0.2) is 0 Å². The first-order valence-electron chi connectivity index (χ1n) is 9.85. The Hall–Kier alpha value is -2.44. The van der Waals surface area contributed by atoms with E-state index in [0.717, 1.165) is 32.4 Å². The van der Waals surface area contributed by atoms with Gasteiger partial charge in [-0.15, -0.1) is 11.3 Å². The predicted molar refractivity (Wildman–Crippen MR) is 113 cm³/mol. The molecule has 146 valence electrons. The van der Waals surface area contributed by atoms with Crippen LogP contribution in [-0.4, -0.2) is 28.8 Å². The predicted octanol–water partition coefficient (Wildman–Crippen LogP) is 3.89. The van der Waals surface area contributed by atoms with Crippen LogP contribution in [0, 0.1) is 6.92 Å². The summed E-state index contributed by atoms with van der Waals surface area (Å²) in [6, 6.07) is 14.5. The second kappa shape index (κ2) is 8.71. The topological polar surface area (TPSA) is 59.0 Å². The van der Waals surface area contributed by atoms with Crippen LogP contribution in [0.25, 0.3) is 0 Å². The van der Waals surface area contributed by atoms with Gasteiger partial charge in [-0.2, -0.15) is 5.10 Å². The van der Waals surface area contributed by atoms with Crippen LogP contribution < -0.4 is 10.6 Å². The van der Waals surface area contributed by atoms with Gasteiger partial charge in [-0.25, -0.2) is 0 Å². The Morgan fingerprint density at radius 2 is 2.18 bits per heavy atom. The molecular weight excluding hydrogens is 368 g/mol. The Labute approximate surface area is 169 Å². The second-order valence-electron chi connectivity index (χ2n) is 7.36. The van der Waals surface area contributed by atoms with Crippen LogP contribution in [0.15, 0.2) is 54.0 Å². The standard InChI is InChI=1S/C22H26N4OS/c1-16-10-13-28-21(16)20(14-17-6-3-2-4-7-17)24-22(27)19-9-12-26(25-19)18-8-5-11-23-15-18/h2-4,6-7,9-10,12-13,18,20,23H,5,8,11,14-15H2,1H3,(H,24,27).